The Kier molecular flexibility index (Phi) is 2.77. The van der Waals surface area contributed by atoms with Gasteiger partial charge in [0.2, 0.25) is 0 Å². The second-order valence-electron chi connectivity index (χ2n) is 3.55. The van der Waals surface area contributed by atoms with Crippen molar-refractivity contribution >= 4 is 44.7 Å². The van der Waals surface area contributed by atoms with E-state index in [9.17, 15) is 4.79 Å². The lowest BCUT2D eigenvalue weighted by atomic mass is 10.2. The zero-order chi connectivity index (χ0) is 12.5. The molecule has 0 aliphatic heterocycles. The molecular formula is C12H7ClN2O2S. The van der Waals surface area contributed by atoms with Gasteiger partial charge < -0.3 is 9.73 Å². The number of carbonyl (C=O) groups is 1. The topological polar surface area (TPSA) is 55.1 Å². The highest BCUT2D eigenvalue weighted by Crippen LogP contribution is 2.32. The summed E-state index contributed by atoms with van der Waals surface area (Å²) in [5.41, 5.74) is 2.91. The maximum atomic E-state index is 11.9. The Labute approximate surface area is 111 Å². The Morgan fingerprint density at radius 1 is 1.39 bits per heavy atom. The highest BCUT2D eigenvalue weighted by molar-refractivity contribution is 7.16. The Morgan fingerprint density at radius 3 is 3.06 bits per heavy atom. The standard InChI is InChI=1S/C12H7ClN2O2S/c13-7-3-4-9-11(14-6-18-9)10(7)15-12(16)8-2-1-5-17-8/h1-6H,(H,15,16). The first-order valence-corrected chi connectivity index (χ1v) is 6.38. The van der Waals surface area contributed by atoms with E-state index < -0.39 is 0 Å². The molecule has 2 heterocycles. The normalized spacial score (nSPS) is 10.7. The molecule has 0 radical (unpaired) electrons. The van der Waals surface area contributed by atoms with Crippen molar-refractivity contribution in [1.29, 1.82) is 0 Å². The van der Waals surface area contributed by atoms with Crippen LogP contribution in [0.25, 0.3) is 10.2 Å². The number of nitrogens with one attached hydrogen (secondary N) is 1. The van der Waals surface area contributed by atoms with E-state index in [1.165, 1.54) is 17.6 Å². The zero-order valence-corrected chi connectivity index (χ0v) is 10.6. The second-order valence-corrected chi connectivity index (χ2v) is 4.85. The molecule has 18 heavy (non-hydrogen) atoms. The zero-order valence-electron chi connectivity index (χ0n) is 9.01. The van der Waals surface area contributed by atoms with Gasteiger partial charge in [-0.15, -0.1) is 11.3 Å². The van der Waals surface area contributed by atoms with Gasteiger partial charge in [0.05, 0.1) is 27.2 Å². The number of aromatic nitrogens is 1. The number of benzene rings is 1. The summed E-state index contributed by atoms with van der Waals surface area (Å²) in [6.07, 6.45) is 1.44. The second kappa shape index (κ2) is 4.44. The number of amides is 1. The van der Waals surface area contributed by atoms with Gasteiger partial charge in [0, 0.05) is 0 Å². The van der Waals surface area contributed by atoms with E-state index in [0.29, 0.717) is 16.2 Å². The molecule has 3 aromatic rings. The Hall–Kier alpha value is -1.85. The highest BCUT2D eigenvalue weighted by Gasteiger charge is 2.14. The molecule has 90 valence electrons. The quantitative estimate of drug-likeness (QED) is 0.776. The predicted molar refractivity (Wildman–Crippen MR) is 71.3 cm³/mol. The highest BCUT2D eigenvalue weighted by atomic mass is 35.5. The van der Waals surface area contributed by atoms with E-state index >= 15 is 0 Å². The van der Waals surface area contributed by atoms with Crippen molar-refractivity contribution in [2.45, 2.75) is 0 Å². The third-order valence-electron chi connectivity index (χ3n) is 2.44. The number of rotatable bonds is 2. The maximum Gasteiger partial charge on any atom is 0.291 e. The lowest BCUT2D eigenvalue weighted by Crippen LogP contribution is -2.11. The molecule has 3 rings (SSSR count). The van der Waals surface area contributed by atoms with Gasteiger partial charge in [-0.05, 0) is 24.3 Å². The largest absolute Gasteiger partial charge is 0.459 e. The molecule has 1 N–H and O–H groups in total. The van der Waals surface area contributed by atoms with E-state index in [0.717, 1.165) is 4.70 Å². The third kappa shape index (κ3) is 1.87. The number of hydrogen-bond acceptors (Lipinski definition) is 4. The Morgan fingerprint density at radius 2 is 2.28 bits per heavy atom. The van der Waals surface area contributed by atoms with E-state index in [1.807, 2.05) is 6.07 Å². The molecule has 0 atom stereocenters. The molecule has 1 aromatic carbocycles. The number of halogens is 1. The van der Waals surface area contributed by atoms with Crippen molar-refractivity contribution in [1.82, 2.24) is 4.98 Å². The van der Waals surface area contributed by atoms with Crippen LogP contribution in [0.1, 0.15) is 10.6 Å². The van der Waals surface area contributed by atoms with Crippen LogP contribution < -0.4 is 5.32 Å². The molecule has 1 amide bonds. The molecule has 0 saturated carbocycles. The molecule has 0 aliphatic carbocycles. The van der Waals surface area contributed by atoms with Crippen LogP contribution in [0.3, 0.4) is 0 Å². The predicted octanol–water partition coefficient (Wildman–Crippen LogP) is 3.80. The van der Waals surface area contributed by atoms with Gasteiger partial charge in [0.15, 0.2) is 5.76 Å². The SMILES string of the molecule is O=C(Nc1c(Cl)ccc2scnc12)c1ccco1. The molecular weight excluding hydrogens is 272 g/mol. The number of nitrogens with zero attached hydrogens (tertiary/aromatic N) is 1. The summed E-state index contributed by atoms with van der Waals surface area (Å²) in [5, 5.41) is 3.17. The van der Waals surface area contributed by atoms with Gasteiger partial charge in [0.1, 0.15) is 5.52 Å². The molecule has 0 bridgehead atoms. The van der Waals surface area contributed by atoms with Gasteiger partial charge in [-0.3, -0.25) is 4.79 Å². The van der Waals surface area contributed by atoms with Crippen molar-refractivity contribution in [3.05, 3.63) is 46.8 Å². The van der Waals surface area contributed by atoms with E-state index in [2.05, 4.69) is 10.3 Å². The summed E-state index contributed by atoms with van der Waals surface area (Å²) in [6.45, 7) is 0. The van der Waals surface area contributed by atoms with Crippen molar-refractivity contribution < 1.29 is 9.21 Å². The first-order chi connectivity index (χ1) is 8.75. The van der Waals surface area contributed by atoms with E-state index in [1.54, 1.807) is 23.7 Å². The van der Waals surface area contributed by atoms with Gasteiger partial charge >= 0.3 is 0 Å². The van der Waals surface area contributed by atoms with Gasteiger partial charge in [-0.25, -0.2) is 4.98 Å². The molecule has 0 aliphatic rings. The summed E-state index contributed by atoms with van der Waals surface area (Å²) < 4.78 is 5.99. The van der Waals surface area contributed by atoms with Crippen LogP contribution in [0.2, 0.25) is 5.02 Å². The Bertz CT molecular complexity index is 706. The smallest absolute Gasteiger partial charge is 0.291 e. The summed E-state index contributed by atoms with van der Waals surface area (Å²) in [4.78, 5) is 16.1. The number of fused-ring (bicyclic) bond motifs is 1. The third-order valence-corrected chi connectivity index (χ3v) is 3.54. The summed E-state index contributed by atoms with van der Waals surface area (Å²) in [5.74, 6) is -0.110. The van der Waals surface area contributed by atoms with Gasteiger partial charge in [0.25, 0.3) is 5.91 Å². The molecule has 0 fully saturated rings. The van der Waals surface area contributed by atoms with Crippen LogP contribution >= 0.6 is 22.9 Å². The van der Waals surface area contributed by atoms with Crippen molar-refractivity contribution in [2.75, 3.05) is 5.32 Å². The molecule has 2 aromatic heterocycles. The van der Waals surface area contributed by atoms with Crippen molar-refractivity contribution in [2.24, 2.45) is 0 Å². The summed E-state index contributed by atoms with van der Waals surface area (Å²) in [6, 6.07) is 6.85. The lowest BCUT2D eigenvalue weighted by Gasteiger charge is -2.06. The van der Waals surface area contributed by atoms with E-state index in [-0.39, 0.29) is 11.7 Å². The average molecular weight is 279 g/mol. The maximum absolute atomic E-state index is 11.9. The fourth-order valence-corrected chi connectivity index (χ4v) is 2.49. The first-order valence-electron chi connectivity index (χ1n) is 5.12. The monoisotopic (exact) mass is 278 g/mol. The Balaban J connectivity index is 2.02. The molecule has 4 nitrogen and oxygen atoms in total. The number of anilines is 1. The molecule has 0 saturated heterocycles. The van der Waals surface area contributed by atoms with E-state index in [4.69, 9.17) is 16.0 Å². The minimum atomic E-state index is -0.345. The number of hydrogen-bond donors (Lipinski definition) is 1. The van der Waals surface area contributed by atoms with Gasteiger partial charge in [-0.2, -0.15) is 0 Å². The number of thiazole rings is 1. The van der Waals surface area contributed by atoms with Crippen LogP contribution in [0.5, 0.6) is 0 Å². The molecule has 0 unspecified atom stereocenters. The van der Waals surface area contributed by atoms with Crippen LogP contribution in [0.4, 0.5) is 5.69 Å². The molecule has 0 spiro atoms. The van der Waals surface area contributed by atoms with Crippen LogP contribution in [-0.2, 0) is 0 Å². The van der Waals surface area contributed by atoms with Crippen LogP contribution in [0, 0.1) is 0 Å². The number of carbonyl (C=O) groups excluding carboxylic acids is 1. The fraction of sp³-hybridized carbons (Fsp3) is 0. The minimum Gasteiger partial charge on any atom is -0.459 e. The van der Waals surface area contributed by atoms with Gasteiger partial charge in [-0.1, -0.05) is 11.6 Å². The fourth-order valence-electron chi connectivity index (χ4n) is 1.61. The summed E-state index contributed by atoms with van der Waals surface area (Å²) >= 11 is 7.58. The number of furan rings is 1. The lowest BCUT2D eigenvalue weighted by molar-refractivity contribution is 0.0997. The van der Waals surface area contributed by atoms with Crippen LogP contribution in [0.15, 0.2) is 40.5 Å². The molecule has 6 heteroatoms. The first kappa shape index (κ1) is 11.3. The summed E-state index contributed by atoms with van der Waals surface area (Å²) in [7, 11) is 0. The van der Waals surface area contributed by atoms with Crippen LogP contribution in [-0.4, -0.2) is 10.9 Å². The van der Waals surface area contributed by atoms with Crippen molar-refractivity contribution in [3.63, 3.8) is 0 Å². The minimum absolute atomic E-state index is 0.235. The van der Waals surface area contributed by atoms with Crippen molar-refractivity contribution in [3.8, 4) is 0 Å². The average Bonchev–Trinajstić information content (AvgIpc) is 3.02.